The molecule has 0 bridgehead atoms. The third-order valence-electron chi connectivity index (χ3n) is 3.93. The summed E-state index contributed by atoms with van der Waals surface area (Å²) in [5.74, 6) is 0. The molecule has 0 spiro atoms. The minimum atomic E-state index is -1.04. The van der Waals surface area contributed by atoms with E-state index < -0.39 is 17.3 Å². The van der Waals surface area contributed by atoms with Gasteiger partial charge in [-0.05, 0) is 60.1 Å². The fraction of sp³-hybridized carbons (Fsp3) is 0.158. The van der Waals surface area contributed by atoms with Gasteiger partial charge in [-0.2, -0.15) is 10.4 Å². The van der Waals surface area contributed by atoms with Crippen molar-refractivity contribution in [1.82, 2.24) is 9.78 Å². The molecular formula is C19H17N3O2S. The molecule has 6 heteroatoms. The predicted molar refractivity (Wildman–Crippen MR) is 96.7 cm³/mol. The lowest BCUT2D eigenvalue weighted by Crippen LogP contribution is -2.01. The predicted octanol–water partition coefficient (Wildman–Crippen LogP) is 3.20. The van der Waals surface area contributed by atoms with E-state index in [4.69, 9.17) is 0 Å². The Morgan fingerprint density at radius 3 is 2.32 bits per heavy atom. The normalized spacial score (nSPS) is 13.2. The maximum absolute atomic E-state index is 11.5. The third kappa shape index (κ3) is 3.59. The number of benzene rings is 2. The van der Waals surface area contributed by atoms with Crippen LogP contribution in [-0.2, 0) is 11.2 Å². The number of hydrogen-bond acceptors (Lipinski definition) is 4. The summed E-state index contributed by atoms with van der Waals surface area (Å²) in [6.07, 6.45) is 1.10. The fourth-order valence-corrected chi connectivity index (χ4v) is 3.07. The Hall–Kier alpha value is -2.59. The number of nitrogens with zero attached hydrogens (tertiary/aromatic N) is 3. The average molecular weight is 351 g/mol. The van der Waals surface area contributed by atoms with Crippen LogP contribution >= 0.6 is 0 Å². The quantitative estimate of drug-likeness (QED) is 0.732. The maximum atomic E-state index is 11.5. The molecule has 3 rings (SSSR count). The van der Waals surface area contributed by atoms with Crippen molar-refractivity contribution in [3.05, 3.63) is 65.9 Å². The van der Waals surface area contributed by atoms with Crippen molar-refractivity contribution < 1.29 is 9.66 Å². The first-order chi connectivity index (χ1) is 12.0. The highest BCUT2D eigenvalue weighted by atomic mass is 32.2. The largest absolute Gasteiger partial charge is 0.612 e. The second kappa shape index (κ2) is 7.11. The smallest absolute Gasteiger partial charge is 0.163 e. The number of aliphatic hydroxyl groups is 1. The molecule has 2 unspecified atom stereocenters. The molecule has 1 aromatic heterocycles. The molecule has 5 nitrogen and oxygen atoms in total. The van der Waals surface area contributed by atoms with Gasteiger partial charge in [0.2, 0.25) is 0 Å². The van der Waals surface area contributed by atoms with Crippen LogP contribution in [0.25, 0.3) is 16.9 Å². The highest BCUT2D eigenvalue weighted by molar-refractivity contribution is 7.90. The lowest BCUT2D eigenvalue weighted by atomic mass is 10.1. The topological polar surface area (TPSA) is 84.9 Å². The monoisotopic (exact) mass is 351 g/mol. The van der Waals surface area contributed by atoms with Gasteiger partial charge >= 0.3 is 0 Å². The molecule has 1 heterocycles. The summed E-state index contributed by atoms with van der Waals surface area (Å²) in [5.41, 5.74) is 3.58. The molecule has 0 saturated carbocycles. The Balaban J connectivity index is 2.05. The van der Waals surface area contributed by atoms with Crippen LogP contribution in [0.4, 0.5) is 0 Å². The molecule has 0 amide bonds. The Kier molecular flexibility index (Phi) is 4.91. The van der Waals surface area contributed by atoms with Crippen LogP contribution in [0.15, 0.2) is 59.5 Å². The Morgan fingerprint density at radius 1 is 1.16 bits per heavy atom. The first-order valence-corrected chi connectivity index (χ1v) is 9.28. The maximum Gasteiger partial charge on any atom is 0.163 e. The van der Waals surface area contributed by atoms with Crippen molar-refractivity contribution in [1.29, 1.82) is 5.26 Å². The molecule has 1 N–H and O–H groups in total. The zero-order valence-corrected chi connectivity index (χ0v) is 14.7. The summed E-state index contributed by atoms with van der Waals surface area (Å²) in [5, 5.41) is 23.2. The van der Waals surface area contributed by atoms with Crippen molar-refractivity contribution in [2.75, 3.05) is 6.26 Å². The van der Waals surface area contributed by atoms with Crippen molar-refractivity contribution in [2.45, 2.75) is 17.9 Å². The van der Waals surface area contributed by atoms with Crippen LogP contribution < -0.4 is 0 Å². The zero-order valence-electron chi connectivity index (χ0n) is 13.9. The lowest BCUT2D eigenvalue weighted by molar-refractivity contribution is 0.199. The van der Waals surface area contributed by atoms with Gasteiger partial charge in [0, 0.05) is 11.6 Å². The highest BCUT2D eigenvalue weighted by Crippen LogP contribution is 2.26. The van der Waals surface area contributed by atoms with Crippen LogP contribution in [0.5, 0.6) is 0 Å². The number of rotatable bonds is 4. The molecule has 0 saturated heterocycles. The van der Waals surface area contributed by atoms with Crippen LogP contribution in [-0.4, -0.2) is 25.7 Å². The van der Waals surface area contributed by atoms with E-state index in [9.17, 15) is 14.9 Å². The van der Waals surface area contributed by atoms with Gasteiger partial charge in [-0.1, -0.05) is 12.1 Å². The minimum absolute atomic E-state index is 0.317. The van der Waals surface area contributed by atoms with Crippen LogP contribution in [0, 0.1) is 11.3 Å². The number of hydrogen-bond donors (Lipinski definition) is 1. The summed E-state index contributed by atoms with van der Waals surface area (Å²) in [4.78, 5) is 0.747. The molecule has 0 aliphatic carbocycles. The molecule has 3 aromatic rings. The van der Waals surface area contributed by atoms with E-state index in [0.717, 1.165) is 27.4 Å². The van der Waals surface area contributed by atoms with Crippen LogP contribution in [0.2, 0.25) is 0 Å². The van der Waals surface area contributed by atoms with Crippen molar-refractivity contribution in [2.24, 2.45) is 0 Å². The van der Waals surface area contributed by atoms with Gasteiger partial charge in [-0.15, -0.1) is 0 Å². The van der Waals surface area contributed by atoms with E-state index in [0.29, 0.717) is 5.69 Å². The van der Waals surface area contributed by atoms with Gasteiger partial charge < -0.3 is 9.66 Å². The molecule has 2 aromatic carbocycles. The van der Waals surface area contributed by atoms with Gasteiger partial charge in [0.25, 0.3) is 0 Å². The lowest BCUT2D eigenvalue weighted by Gasteiger charge is -2.10. The average Bonchev–Trinajstić information content (AvgIpc) is 3.06. The van der Waals surface area contributed by atoms with Crippen molar-refractivity contribution in [3.8, 4) is 23.0 Å². The highest BCUT2D eigenvalue weighted by Gasteiger charge is 2.13. The van der Waals surface area contributed by atoms with Crippen LogP contribution in [0.1, 0.15) is 24.3 Å². The van der Waals surface area contributed by atoms with E-state index in [1.54, 1.807) is 23.9 Å². The van der Waals surface area contributed by atoms with Gasteiger partial charge in [0.15, 0.2) is 10.6 Å². The third-order valence-corrected chi connectivity index (χ3v) is 4.86. The SMILES string of the molecule is CC(O)c1ccc(-n2nc(C#N)cc2-c2ccc([S+](C)[O-])cc2)cc1. The van der Waals surface area contributed by atoms with E-state index >= 15 is 0 Å². The summed E-state index contributed by atoms with van der Waals surface area (Å²) in [6.45, 7) is 1.71. The van der Waals surface area contributed by atoms with Crippen LogP contribution in [0.3, 0.4) is 0 Å². The minimum Gasteiger partial charge on any atom is -0.612 e. The second-order valence-electron chi connectivity index (χ2n) is 5.68. The van der Waals surface area contributed by atoms with E-state index in [2.05, 4.69) is 11.2 Å². The Morgan fingerprint density at radius 2 is 1.80 bits per heavy atom. The summed E-state index contributed by atoms with van der Waals surface area (Å²) in [6, 6.07) is 18.5. The summed E-state index contributed by atoms with van der Waals surface area (Å²) in [7, 11) is 0. The molecule has 126 valence electrons. The fourth-order valence-electron chi connectivity index (χ4n) is 2.55. The standard InChI is InChI=1S/C19H17N3O2S/c1-13(23)14-3-7-17(8-4-14)22-19(11-16(12-20)21-22)15-5-9-18(10-6-15)25(2)24/h3-11,13,23H,1-2H3. The van der Waals surface area contributed by atoms with E-state index in [1.165, 1.54) is 0 Å². The van der Waals surface area contributed by atoms with Crippen molar-refractivity contribution >= 4 is 11.2 Å². The zero-order chi connectivity index (χ0) is 18.0. The summed E-state index contributed by atoms with van der Waals surface area (Å²) >= 11 is -1.04. The van der Waals surface area contributed by atoms with Gasteiger partial charge in [0.05, 0.1) is 17.5 Å². The Bertz CT molecular complexity index is 838. The van der Waals surface area contributed by atoms with E-state index in [1.807, 2.05) is 48.5 Å². The Labute approximate surface area is 149 Å². The summed E-state index contributed by atoms with van der Waals surface area (Å²) < 4.78 is 13.2. The first-order valence-electron chi connectivity index (χ1n) is 7.72. The number of aromatic nitrogens is 2. The van der Waals surface area contributed by atoms with Gasteiger partial charge in [0.1, 0.15) is 12.3 Å². The van der Waals surface area contributed by atoms with Gasteiger partial charge in [-0.3, -0.25) is 0 Å². The second-order valence-corrected chi connectivity index (χ2v) is 7.06. The molecule has 2 atom stereocenters. The molecular weight excluding hydrogens is 334 g/mol. The first kappa shape index (κ1) is 17.2. The van der Waals surface area contributed by atoms with Crippen molar-refractivity contribution in [3.63, 3.8) is 0 Å². The molecule has 0 aliphatic rings. The molecule has 0 aliphatic heterocycles. The molecule has 25 heavy (non-hydrogen) atoms. The molecule has 0 fully saturated rings. The van der Waals surface area contributed by atoms with E-state index in [-0.39, 0.29) is 0 Å². The number of nitriles is 1. The van der Waals surface area contributed by atoms with Gasteiger partial charge in [-0.25, -0.2) is 4.68 Å². The molecule has 0 radical (unpaired) electrons. The number of aliphatic hydroxyl groups excluding tert-OH is 1.